The fraction of sp³-hybridized carbons (Fsp3) is 0.138. The monoisotopic (exact) mass is 542 g/mol. The van der Waals surface area contributed by atoms with Gasteiger partial charge in [-0.05, 0) is 92.1 Å². The van der Waals surface area contributed by atoms with Gasteiger partial charge in [0.05, 0.1) is 21.7 Å². The van der Waals surface area contributed by atoms with Crippen LogP contribution in [0, 0.1) is 20.8 Å². The van der Waals surface area contributed by atoms with Gasteiger partial charge in [-0.15, -0.1) is 0 Å². The maximum absolute atomic E-state index is 13.7. The number of carbonyl (C=O) groups is 1. The fourth-order valence-electron chi connectivity index (χ4n) is 3.95. The van der Waals surface area contributed by atoms with E-state index in [2.05, 4.69) is 22.7 Å². The average molecular weight is 543 g/mol. The quantitative estimate of drug-likeness (QED) is 0.262. The Hall–Kier alpha value is -4.08. The molecule has 0 aliphatic carbocycles. The van der Waals surface area contributed by atoms with Gasteiger partial charge in [0.2, 0.25) is 0 Å². The average Bonchev–Trinajstić information content (AvgIpc) is 3.30. The Kier molecular flexibility index (Phi) is 6.96. The summed E-state index contributed by atoms with van der Waals surface area (Å²) >= 11 is 1.46. The Morgan fingerprint density at radius 1 is 0.947 bits per heavy atom. The van der Waals surface area contributed by atoms with Crippen LogP contribution in [-0.4, -0.2) is 24.3 Å². The fourth-order valence-corrected chi connectivity index (χ4v) is 6.05. The second kappa shape index (κ2) is 10.4. The molecule has 38 heavy (non-hydrogen) atoms. The van der Waals surface area contributed by atoms with Crippen molar-refractivity contribution in [1.29, 1.82) is 0 Å². The molecule has 0 saturated heterocycles. The molecule has 192 valence electrons. The smallest absolute Gasteiger partial charge is 0.261 e. The van der Waals surface area contributed by atoms with Gasteiger partial charge in [-0.25, -0.2) is 13.4 Å². The number of carbonyl (C=O) groups excluding carboxylic acids is 1. The highest BCUT2D eigenvalue weighted by Crippen LogP contribution is 2.32. The predicted octanol–water partition coefficient (Wildman–Crippen LogP) is 6.26. The summed E-state index contributed by atoms with van der Waals surface area (Å²) in [5.74, 6) is -0.241. The number of pyridine rings is 1. The van der Waals surface area contributed by atoms with Crippen LogP contribution in [0.4, 0.5) is 10.8 Å². The van der Waals surface area contributed by atoms with E-state index in [1.807, 2.05) is 32.0 Å². The third-order valence-corrected chi connectivity index (χ3v) is 8.69. The number of anilines is 2. The van der Waals surface area contributed by atoms with Crippen molar-refractivity contribution in [3.8, 4) is 0 Å². The van der Waals surface area contributed by atoms with E-state index in [1.54, 1.807) is 65.8 Å². The molecule has 0 radical (unpaired) electrons. The number of hydrogen-bond donors (Lipinski definition) is 1. The molecular weight excluding hydrogens is 516 g/mol. The van der Waals surface area contributed by atoms with E-state index in [1.165, 1.54) is 16.9 Å². The second-order valence-corrected chi connectivity index (χ2v) is 11.8. The van der Waals surface area contributed by atoms with Crippen LogP contribution in [0.3, 0.4) is 0 Å². The van der Waals surface area contributed by atoms with Crippen LogP contribution in [0.2, 0.25) is 0 Å². The minimum Gasteiger partial charge on any atom is -0.280 e. The van der Waals surface area contributed by atoms with Crippen LogP contribution in [-0.2, 0) is 16.6 Å². The minimum atomic E-state index is -3.75. The highest BCUT2D eigenvalue weighted by Gasteiger charge is 2.23. The van der Waals surface area contributed by atoms with Gasteiger partial charge in [-0.2, -0.15) is 0 Å². The van der Waals surface area contributed by atoms with Crippen LogP contribution in [0.1, 0.15) is 32.6 Å². The van der Waals surface area contributed by atoms with E-state index in [0.29, 0.717) is 22.9 Å². The molecule has 1 amide bonds. The van der Waals surface area contributed by atoms with Crippen LogP contribution < -0.4 is 9.62 Å². The third kappa shape index (κ3) is 5.44. The normalized spacial score (nSPS) is 11.4. The van der Waals surface area contributed by atoms with E-state index in [4.69, 9.17) is 4.98 Å². The summed E-state index contributed by atoms with van der Waals surface area (Å²) < 4.78 is 29.1. The highest BCUT2D eigenvalue weighted by molar-refractivity contribution is 7.92. The summed E-state index contributed by atoms with van der Waals surface area (Å²) in [5, 5.41) is 0.586. The van der Waals surface area contributed by atoms with E-state index < -0.39 is 10.0 Å². The number of fused-ring (bicyclic) bond motifs is 1. The Morgan fingerprint density at radius 3 is 2.34 bits per heavy atom. The van der Waals surface area contributed by atoms with Crippen molar-refractivity contribution in [3.63, 3.8) is 0 Å². The van der Waals surface area contributed by atoms with Crippen LogP contribution in [0.15, 0.2) is 90.1 Å². The summed E-state index contributed by atoms with van der Waals surface area (Å²) in [6.07, 6.45) is 3.42. The molecule has 2 aromatic heterocycles. The molecule has 0 bridgehead atoms. The number of amides is 1. The van der Waals surface area contributed by atoms with Crippen LogP contribution >= 0.6 is 11.3 Å². The Bertz CT molecular complexity index is 1680. The number of aryl methyl sites for hydroxylation is 3. The summed E-state index contributed by atoms with van der Waals surface area (Å²) in [5.41, 5.74) is 5.78. The number of thiazole rings is 1. The maximum Gasteiger partial charge on any atom is 0.261 e. The molecule has 1 N–H and O–H groups in total. The lowest BCUT2D eigenvalue weighted by atomic mass is 10.1. The molecule has 0 aliphatic rings. The van der Waals surface area contributed by atoms with Crippen molar-refractivity contribution < 1.29 is 13.2 Å². The first kappa shape index (κ1) is 25.6. The molecule has 5 aromatic rings. The van der Waals surface area contributed by atoms with Gasteiger partial charge < -0.3 is 0 Å². The Labute approximate surface area is 225 Å². The Balaban J connectivity index is 1.44. The number of rotatable bonds is 7. The zero-order valence-electron chi connectivity index (χ0n) is 21.2. The zero-order valence-corrected chi connectivity index (χ0v) is 22.8. The molecular formula is C29H26N4O3S2. The molecule has 3 aromatic carbocycles. The van der Waals surface area contributed by atoms with Gasteiger partial charge in [0.1, 0.15) is 0 Å². The van der Waals surface area contributed by atoms with Crippen LogP contribution in [0.5, 0.6) is 0 Å². The van der Waals surface area contributed by atoms with Crippen molar-refractivity contribution in [2.24, 2.45) is 0 Å². The first-order valence-electron chi connectivity index (χ1n) is 12.0. The molecule has 5 rings (SSSR count). The zero-order chi connectivity index (χ0) is 26.9. The van der Waals surface area contributed by atoms with Gasteiger partial charge in [-0.1, -0.05) is 35.1 Å². The molecule has 0 aliphatic heterocycles. The number of nitrogens with zero attached hydrogens (tertiary/aromatic N) is 3. The number of benzene rings is 3. The van der Waals surface area contributed by atoms with Crippen molar-refractivity contribution in [1.82, 2.24) is 9.97 Å². The van der Waals surface area contributed by atoms with Gasteiger partial charge in [-0.3, -0.25) is 19.4 Å². The van der Waals surface area contributed by atoms with E-state index >= 15 is 0 Å². The van der Waals surface area contributed by atoms with Crippen LogP contribution in [0.25, 0.3) is 10.2 Å². The maximum atomic E-state index is 13.7. The third-order valence-electron chi connectivity index (χ3n) is 6.25. The Morgan fingerprint density at radius 2 is 1.66 bits per heavy atom. The number of aromatic nitrogens is 2. The van der Waals surface area contributed by atoms with E-state index in [0.717, 1.165) is 26.9 Å². The first-order valence-corrected chi connectivity index (χ1v) is 14.3. The number of hydrogen-bond acceptors (Lipinski definition) is 6. The lowest BCUT2D eigenvalue weighted by Crippen LogP contribution is -2.30. The van der Waals surface area contributed by atoms with Gasteiger partial charge >= 0.3 is 0 Å². The predicted molar refractivity (Wildman–Crippen MR) is 152 cm³/mol. The molecule has 0 fully saturated rings. The molecule has 0 spiro atoms. The summed E-state index contributed by atoms with van der Waals surface area (Å²) in [6, 6.07) is 20.9. The molecule has 0 saturated carbocycles. The van der Waals surface area contributed by atoms with Crippen molar-refractivity contribution in [2.75, 3.05) is 9.62 Å². The SMILES string of the molecule is Cc1ccc(S(=O)(=O)Nc2ccc(C(=O)N(Cc3cccnc3)c3nc4cc(C)c(C)cc4s3)cc2)cc1. The molecule has 0 unspecified atom stereocenters. The van der Waals surface area contributed by atoms with Crippen molar-refractivity contribution in [2.45, 2.75) is 32.2 Å². The number of sulfonamides is 1. The lowest BCUT2D eigenvalue weighted by Gasteiger charge is -2.20. The van der Waals surface area contributed by atoms with E-state index in [-0.39, 0.29) is 10.8 Å². The summed E-state index contributed by atoms with van der Waals surface area (Å²) in [6.45, 7) is 6.29. The standard InChI is InChI=1S/C29H26N4O3S2/c1-19-6-12-25(13-7-19)38(35,36)32-24-10-8-23(9-11-24)28(34)33(18-22-5-4-14-30-17-22)29-31-26-15-20(2)21(3)16-27(26)37-29/h4-17,32H,18H2,1-3H3. The molecule has 2 heterocycles. The highest BCUT2D eigenvalue weighted by atomic mass is 32.2. The van der Waals surface area contributed by atoms with E-state index in [9.17, 15) is 13.2 Å². The minimum absolute atomic E-state index is 0.173. The first-order chi connectivity index (χ1) is 18.2. The van der Waals surface area contributed by atoms with Gasteiger partial charge in [0.15, 0.2) is 5.13 Å². The second-order valence-electron chi connectivity index (χ2n) is 9.15. The topological polar surface area (TPSA) is 92.3 Å². The summed E-state index contributed by atoms with van der Waals surface area (Å²) in [4.78, 5) is 24.5. The van der Waals surface area contributed by atoms with Gasteiger partial charge in [0, 0.05) is 23.6 Å². The number of nitrogens with one attached hydrogen (secondary N) is 1. The molecule has 9 heteroatoms. The van der Waals surface area contributed by atoms with Crippen molar-refractivity contribution >= 4 is 48.3 Å². The summed E-state index contributed by atoms with van der Waals surface area (Å²) in [7, 11) is -3.75. The largest absolute Gasteiger partial charge is 0.280 e. The van der Waals surface area contributed by atoms with Crippen molar-refractivity contribution in [3.05, 3.63) is 113 Å². The van der Waals surface area contributed by atoms with Gasteiger partial charge in [0.25, 0.3) is 15.9 Å². The molecule has 7 nitrogen and oxygen atoms in total. The lowest BCUT2D eigenvalue weighted by molar-refractivity contribution is 0.0985. The molecule has 0 atom stereocenters.